The van der Waals surface area contributed by atoms with Crippen molar-refractivity contribution in [2.75, 3.05) is 13.2 Å². The summed E-state index contributed by atoms with van der Waals surface area (Å²) in [5.41, 5.74) is 1.48. The zero-order chi connectivity index (χ0) is 23.1. The minimum absolute atomic E-state index is 0. The summed E-state index contributed by atoms with van der Waals surface area (Å²) in [6.45, 7) is 4.10. The van der Waals surface area contributed by atoms with Gasteiger partial charge in [-0.2, -0.15) is 0 Å². The molecular formula is C25H27NaO7. The number of benzene rings is 2. The van der Waals surface area contributed by atoms with Crippen LogP contribution in [0.2, 0.25) is 0 Å². The molecule has 7 nitrogen and oxygen atoms in total. The average Bonchev–Trinajstić information content (AvgIpc) is 2.77. The standard InChI is InChI=1S/C25H28O7.Na/c1-3-7-16-9-5-6-10-21(16)30-14-18(26)15-31-22-13-23-19(11-17(22)8-4-2)20(27)12-24(32-23)25(28)29;/h5-6,9-13,18,26H,3-4,7-8,14-15H2,1-2H3,(H,28,29);/q;+1/p-1. The van der Waals surface area contributed by atoms with Crippen molar-refractivity contribution in [3.8, 4) is 11.5 Å². The van der Waals surface area contributed by atoms with Crippen molar-refractivity contribution >= 4 is 16.9 Å². The Balaban J connectivity index is 0.00000385. The Morgan fingerprint density at radius 1 is 1.00 bits per heavy atom. The molecule has 170 valence electrons. The molecule has 0 aliphatic rings. The topological polar surface area (TPSA) is 109 Å². The number of carboxylic acids is 1. The van der Waals surface area contributed by atoms with Gasteiger partial charge in [-0.05, 0) is 36.1 Å². The first-order valence-electron chi connectivity index (χ1n) is 10.8. The molecule has 1 N–H and O–H groups in total. The number of ether oxygens (including phenoxy) is 2. The minimum atomic E-state index is -1.57. The molecule has 0 bridgehead atoms. The summed E-state index contributed by atoms with van der Waals surface area (Å²) in [5, 5.41) is 21.7. The molecule has 3 rings (SSSR count). The number of para-hydroxylation sites is 1. The van der Waals surface area contributed by atoms with E-state index in [2.05, 4.69) is 6.92 Å². The fourth-order valence-electron chi connectivity index (χ4n) is 3.47. The average molecular weight is 462 g/mol. The van der Waals surface area contributed by atoms with Gasteiger partial charge in [-0.15, -0.1) is 0 Å². The van der Waals surface area contributed by atoms with Gasteiger partial charge in [0.05, 0.1) is 5.39 Å². The van der Waals surface area contributed by atoms with Gasteiger partial charge in [0.15, 0.2) is 11.2 Å². The van der Waals surface area contributed by atoms with Crippen LogP contribution in [0.1, 0.15) is 48.4 Å². The predicted molar refractivity (Wildman–Crippen MR) is 118 cm³/mol. The van der Waals surface area contributed by atoms with Crippen molar-refractivity contribution in [1.82, 2.24) is 0 Å². The number of carboxylic acid groups (broad SMARTS) is 1. The summed E-state index contributed by atoms with van der Waals surface area (Å²) in [6, 6.07) is 11.8. The summed E-state index contributed by atoms with van der Waals surface area (Å²) >= 11 is 0. The fourth-order valence-corrected chi connectivity index (χ4v) is 3.47. The van der Waals surface area contributed by atoms with Gasteiger partial charge in [0, 0.05) is 12.1 Å². The second-order valence-corrected chi connectivity index (χ2v) is 7.60. The zero-order valence-corrected chi connectivity index (χ0v) is 21.3. The number of rotatable bonds is 11. The van der Waals surface area contributed by atoms with E-state index in [0.717, 1.165) is 42.2 Å². The maximum absolute atomic E-state index is 12.3. The molecule has 1 aromatic heterocycles. The van der Waals surface area contributed by atoms with Gasteiger partial charge in [-0.25, -0.2) is 0 Å². The molecule has 1 unspecified atom stereocenters. The molecule has 1 heterocycles. The number of aliphatic hydroxyl groups is 1. The first-order chi connectivity index (χ1) is 15.4. The maximum Gasteiger partial charge on any atom is 1.00 e. The molecule has 0 spiro atoms. The number of aliphatic hydroxyl groups excluding tert-OH is 1. The molecule has 0 radical (unpaired) electrons. The largest absolute Gasteiger partial charge is 1.00 e. The van der Waals surface area contributed by atoms with Gasteiger partial charge in [0.25, 0.3) is 0 Å². The first kappa shape index (κ1) is 26.9. The van der Waals surface area contributed by atoms with Crippen LogP contribution in [0.25, 0.3) is 11.0 Å². The van der Waals surface area contributed by atoms with Gasteiger partial charge in [0.2, 0.25) is 0 Å². The summed E-state index contributed by atoms with van der Waals surface area (Å²) in [4.78, 5) is 23.4. The van der Waals surface area contributed by atoms with Crippen LogP contribution >= 0.6 is 0 Å². The number of hydrogen-bond acceptors (Lipinski definition) is 7. The number of aromatic carboxylic acids is 1. The molecule has 8 heteroatoms. The van der Waals surface area contributed by atoms with Crippen molar-refractivity contribution in [2.45, 2.75) is 45.6 Å². The van der Waals surface area contributed by atoms with Crippen LogP contribution in [0.4, 0.5) is 0 Å². The third-order valence-electron chi connectivity index (χ3n) is 4.99. The third kappa shape index (κ3) is 7.08. The van der Waals surface area contributed by atoms with Crippen molar-refractivity contribution in [1.29, 1.82) is 0 Å². The number of hydrogen-bond donors (Lipinski definition) is 1. The third-order valence-corrected chi connectivity index (χ3v) is 4.99. The van der Waals surface area contributed by atoms with Crippen molar-refractivity contribution < 1.29 is 58.5 Å². The smallest absolute Gasteiger partial charge is 0.542 e. The van der Waals surface area contributed by atoms with E-state index in [0.29, 0.717) is 12.2 Å². The Morgan fingerprint density at radius 2 is 1.64 bits per heavy atom. The van der Waals surface area contributed by atoms with Crippen molar-refractivity contribution in [2.24, 2.45) is 0 Å². The molecule has 0 saturated heterocycles. The van der Waals surface area contributed by atoms with Gasteiger partial charge in [-0.3, -0.25) is 4.79 Å². The molecule has 0 saturated carbocycles. The van der Waals surface area contributed by atoms with Crippen LogP contribution in [0.3, 0.4) is 0 Å². The Kier molecular flexibility index (Phi) is 10.4. The number of fused-ring (bicyclic) bond motifs is 1. The summed E-state index contributed by atoms with van der Waals surface area (Å²) in [7, 11) is 0. The van der Waals surface area contributed by atoms with E-state index in [4.69, 9.17) is 13.9 Å². The quantitative estimate of drug-likeness (QED) is 0.396. The van der Waals surface area contributed by atoms with E-state index in [1.54, 1.807) is 6.07 Å². The summed E-state index contributed by atoms with van der Waals surface area (Å²) in [6.07, 6.45) is 2.44. The Hall–Kier alpha value is -2.32. The van der Waals surface area contributed by atoms with Crippen LogP contribution < -0.4 is 49.6 Å². The van der Waals surface area contributed by atoms with Crippen LogP contribution in [0.5, 0.6) is 11.5 Å². The van der Waals surface area contributed by atoms with Gasteiger partial charge in [-0.1, -0.05) is 44.9 Å². The van der Waals surface area contributed by atoms with Crippen LogP contribution in [-0.2, 0) is 12.8 Å². The fraction of sp³-hybridized carbons (Fsp3) is 0.360. The molecule has 0 aliphatic carbocycles. The minimum Gasteiger partial charge on any atom is -0.542 e. The molecule has 0 fully saturated rings. The normalized spacial score (nSPS) is 11.6. The number of carbonyl (C=O) groups is 1. The van der Waals surface area contributed by atoms with Gasteiger partial charge >= 0.3 is 29.6 Å². The van der Waals surface area contributed by atoms with Crippen molar-refractivity contribution in [3.63, 3.8) is 0 Å². The second-order valence-electron chi connectivity index (χ2n) is 7.60. The Morgan fingerprint density at radius 3 is 2.30 bits per heavy atom. The van der Waals surface area contributed by atoms with Crippen LogP contribution in [0.15, 0.2) is 51.7 Å². The molecule has 3 aromatic rings. The van der Waals surface area contributed by atoms with E-state index >= 15 is 0 Å². The van der Waals surface area contributed by atoms with Gasteiger partial charge in [0.1, 0.15) is 42.4 Å². The number of aryl methyl sites for hydroxylation is 2. The van der Waals surface area contributed by atoms with Gasteiger partial charge < -0.3 is 28.9 Å². The van der Waals surface area contributed by atoms with E-state index in [-0.39, 0.29) is 53.7 Å². The zero-order valence-electron chi connectivity index (χ0n) is 19.3. The van der Waals surface area contributed by atoms with Crippen LogP contribution in [0, 0.1) is 0 Å². The summed E-state index contributed by atoms with van der Waals surface area (Å²) < 4.78 is 16.9. The number of carbonyl (C=O) groups excluding carboxylic acids is 1. The van der Waals surface area contributed by atoms with E-state index in [1.807, 2.05) is 31.2 Å². The molecule has 1 atom stereocenters. The van der Waals surface area contributed by atoms with E-state index < -0.39 is 23.3 Å². The monoisotopic (exact) mass is 462 g/mol. The van der Waals surface area contributed by atoms with E-state index in [9.17, 15) is 19.8 Å². The molecule has 2 aromatic carbocycles. The molecular weight excluding hydrogens is 435 g/mol. The Bertz CT molecular complexity index is 1140. The molecule has 0 aliphatic heterocycles. The van der Waals surface area contributed by atoms with Crippen molar-refractivity contribution in [3.05, 3.63) is 69.6 Å². The maximum atomic E-state index is 12.3. The summed E-state index contributed by atoms with van der Waals surface area (Å²) in [5.74, 6) is -0.957. The predicted octanol–water partition coefficient (Wildman–Crippen LogP) is -0.116. The molecule has 0 amide bonds. The SMILES string of the molecule is CCCc1ccccc1OCC(O)COc1cc2oc(C(=O)[O-])cc(=O)c2cc1CCC.[Na+]. The first-order valence-corrected chi connectivity index (χ1v) is 10.8. The Labute approximate surface area is 214 Å². The second kappa shape index (κ2) is 12.8. The van der Waals surface area contributed by atoms with Crippen LogP contribution in [-0.4, -0.2) is 30.4 Å². The molecule has 33 heavy (non-hydrogen) atoms. The van der Waals surface area contributed by atoms with E-state index in [1.165, 1.54) is 6.07 Å².